The zero-order chi connectivity index (χ0) is 35.4. The second kappa shape index (κ2) is 13.8. The topological polar surface area (TPSA) is 0 Å². The van der Waals surface area contributed by atoms with Crippen molar-refractivity contribution in [3.63, 3.8) is 0 Å². The summed E-state index contributed by atoms with van der Waals surface area (Å²) in [6.45, 7) is 24.7. The van der Waals surface area contributed by atoms with Gasteiger partial charge < -0.3 is 24.8 Å². The third-order valence-electron chi connectivity index (χ3n) is 13.5. The number of fused-ring (bicyclic) bond motifs is 5. The zero-order valence-corrected chi connectivity index (χ0v) is 36.9. The van der Waals surface area contributed by atoms with Crippen LogP contribution in [0.2, 0.25) is 7.25 Å². The normalized spacial score (nSPS) is 20.7. The number of allylic oxidation sites excluding steroid dienone is 4. The fourth-order valence-electron chi connectivity index (χ4n) is 10.1. The molecule has 0 N–H and O–H groups in total. The van der Waals surface area contributed by atoms with Crippen LogP contribution in [0.3, 0.4) is 0 Å². The maximum absolute atomic E-state index is 2.70. The minimum Gasteiger partial charge on any atom is -1.00 e. The minimum atomic E-state index is -2.57. The van der Waals surface area contributed by atoms with Crippen molar-refractivity contribution in [2.75, 3.05) is 0 Å². The average Bonchev–Trinajstić information content (AvgIpc) is 3.72. The van der Waals surface area contributed by atoms with Gasteiger partial charge >= 0.3 is 312 Å². The van der Waals surface area contributed by atoms with Gasteiger partial charge in [0.25, 0.3) is 0 Å². The summed E-state index contributed by atoms with van der Waals surface area (Å²) in [5, 5.41) is 0. The van der Waals surface area contributed by atoms with E-state index in [0.717, 1.165) is 6.42 Å². The van der Waals surface area contributed by atoms with Gasteiger partial charge in [0.1, 0.15) is 0 Å². The Morgan fingerprint density at radius 3 is 1.46 bits per heavy atom. The van der Waals surface area contributed by atoms with Crippen molar-refractivity contribution in [3.8, 4) is 11.1 Å². The van der Waals surface area contributed by atoms with Crippen LogP contribution in [0.15, 0.2) is 97.1 Å². The molecular formula is C49H56Cl2Zr. The SMILES string of the molecule is Cc1ccc([C](c2ccc(C)cc2)=[Zr+2]([CH]2C=CC=C2)[CH]2CC(C)(C)c3cc4c(cc3C2(C)C)Cc2cc3c(cc2-4)C(C)(C)CCC3(C)C)cc1.[Cl-].[Cl-]. The summed E-state index contributed by atoms with van der Waals surface area (Å²) in [4.78, 5) is 0. The Labute approximate surface area is 334 Å². The van der Waals surface area contributed by atoms with E-state index in [-0.39, 0.29) is 46.5 Å². The van der Waals surface area contributed by atoms with E-state index in [1.165, 1.54) is 52.6 Å². The van der Waals surface area contributed by atoms with Gasteiger partial charge in [0.05, 0.1) is 0 Å². The number of hydrogen-bond acceptors (Lipinski definition) is 0. The Hall–Kier alpha value is -2.31. The summed E-state index contributed by atoms with van der Waals surface area (Å²) in [5.41, 5.74) is 18.7. The molecule has 4 aromatic carbocycles. The molecule has 3 heteroatoms. The summed E-state index contributed by atoms with van der Waals surface area (Å²) in [6.07, 6.45) is 14.6. The molecule has 0 aliphatic heterocycles. The molecule has 270 valence electrons. The minimum absolute atomic E-state index is 0. The van der Waals surface area contributed by atoms with Gasteiger partial charge in [0, 0.05) is 0 Å². The number of hydrogen-bond donors (Lipinski definition) is 0. The van der Waals surface area contributed by atoms with Crippen LogP contribution >= 0.6 is 0 Å². The second-order valence-corrected chi connectivity index (χ2v) is 25.6. The Morgan fingerprint density at radius 1 is 0.558 bits per heavy atom. The molecule has 0 fully saturated rings. The second-order valence-electron chi connectivity index (χ2n) is 18.8. The average molecular weight is 807 g/mol. The molecular weight excluding hydrogens is 751 g/mol. The van der Waals surface area contributed by atoms with E-state index in [0.29, 0.717) is 7.25 Å². The number of rotatable bonds is 4. The van der Waals surface area contributed by atoms with Crippen molar-refractivity contribution in [3.05, 3.63) is 153 Å². The van der Waals surface area contributed by atoms with Gasteiger partial charge in [0.15, 0.2) is 0 Å². The third kappa shape index (κ3) is 6.48. The molecule has 52 heavy (non-hydrogen) atoms. The standard InChI is InChI=1S/C29H37.C15H14.C5H5.2ClH.Zr/c1-26(2)9-11-28(5,6)24-16-20-18(14-22(24)26)13-19-15-23-25(17-21(19)20)29(7,8)12-10-27(23,3)4;1-12-3-7-14(8-4-12)11-15-9-5-13(2)6-10-15;1-2-4-5-3-1;;;/h9,14-17H,10-13H2,1-8H3;3-10H,1-2H3;1-5H;2*1H;/q;;;;;+2/p-2. The molecule has 0 saturated heterocycles. The van der Waals surface area contributed by atoms with Gasteiger partial charge in [-0.2, -0.15) is 0 Å². The van der Waals surface area contributed by atoms with Gasteiger partial charge in [-0.3, -0.25) is 0 Å². The van der Waals surface area contributed by atoms with E-state index in [4.69, 9.17) is 0 Å². The summed E-state index contributed by atoms with van der Waals surface area (Å²) < 4.78 is 2.88. The molecule has 0 aromatic heterocycles. The van der Waals surface area contributed by atoms with Crippen molar-refractivity contribution < 1.29 is 46.1 Å². The van der Waals surface area contributed by atoms with Crippen LogP contribution in [0.1, 0.15) is 130 Å². The first kappa shape index (κ1) is 39.4. The maximum atomic E-state index is 2.70. The van der Waals surface area contributed by atoms with E-state index in [1.807, 2.05) is 0 Å². The molecule has 0 heterocycles. The molecule has 0 bridgehead atoms. The van der Waals surface area contributed by atoms with E-state index in [2.05, 4.69) is 166 Å². The third-order valence-corrected chi connectivity index (χ3v) is 23.1. The largest absolute Gasteiger partial charge is 1.00 e. The van der Waals surface area contributed by atoms with Crippen LogP contribution in [0, 0.1) is 13.8 Å². The predicted molar refractivity (Wildman–Crippen MR) is 212 cm³/mol. The summed E-state index contributed by atoms with van der Waals surface area (Å²) >= 11 is -2.57. The predicted octanol–water partition coefficient (Wildman–Crippen LogP) is 6.78. The summed E-state index contributed by atoms with van der Waals surface area (Å²) in [7, 11) is 0. The van der Waals surface area contributed by atoms with Gasteiger partial charge in [-0.1, -0.05) is 0 Å². The van der Waals surface area contributed by atoms with Gasteiger partial charge in [-0.05, 0) is 0 Å². The Balaban J connectivity index is 0.00000232. The van der Waals surface area contributed by atoms with E-state index >= 15 is 0 Å². The Kier molecular flexibility index (Phi) is 10.4. The van der Waals surface area contributed by atoms with Crippen LogP contribution in [0.5, 0.6) is 0 Å². The number of benzene rings is 4. The van der Waals surface area contributed by atoms with Crippen molar-refractivity contribution in [2.45, 2.75) is 124 Å². The summed E-state index contributed by atoms with van der Waals surface area (Å²) in [5.74, 6) is 0. The van der Waals surface area contributed by atoms with Crippen molar-refractivity contribution in [1.29, 1.82) is 0 Å². The first-order chi connectivity index (χ1) is 23.6. The van der Waals surface area contributed by atoms with E-state index in [1.54, 1.807) is 36.6 Å². The van der Waals surface area contributed by atoms with Crippen LogP contribution in [0.4, 0.5) is 0 Å². The molecule has 8 rings (SSSR count). The molecule has 4 aliphatic rings. The molecule has 0 radical (unpaired) electrons. The number of aryl methyl sites for hydroxylation is 2. The fraction of sp³-hybridized carbons (Fsp3) is 0.408. The van der Waals surface area contributed by atoms with Crippen molar-refractivity contribution in [2.24, 2.45) is 0 Å². The first-order valence-electron chi connectivity index (χ1n) is 19.2. The first-order valence-corrected chi connectivity index (χ1v) is 23.2. The van der Waals surface area contributed by atoms with Crippen molar-refractivity contribution >= 4 is 3.21 Å². The quantitative estimate of drug-likeness (QED) is 0.188. The molecule has 4 aromatic rings. The Bertz CT molecular complexity index is 2060. The maximum Gasteiger partial charge on any atom is -1.00 e. The smallest absolute Gasteiger partial charge is 1.00 e. The zero-order valence-electron chi connectivity index (χ0n) is 33.0. The molecule has 4 aliphatic carbocycles. The number of halogens is 2. The van der Waals surface area contributed by atoms with Gasteiger partial charge in [-0.25, -0.2) is 0 Å². The van der Waals surface area contributed by atoms with E-state index in [9.17, 15) is 0 Å². The van der Waals surface area contributed by atoms with Crippen LogP contribution in [-0.4, -0.2) is 3.21 Å². The van der Waals surface area contributed by atoms with Crippen LogP contribution < -0.4 is 24.8 Å². The van der Waals surface area contributed by atoms with E-state index < -0.39 is 21.3 Å². The van der Waals surface area contributed by atoms with Crippen LogP contribution in [0.25, 0.3) is 11.1 Å². The summed E-state index contributed by atoms with van der Waals surface area (Å²) in [6, 6.07) is 29.6. The van der Waals surface area contributed by atoms with Gasteiger partial charge in [-0.15, -0.1) is 0 Å². The molecule has 0 amide bonds. The van der Waals surface area contributed by atoms with Gasteiger partial charge in [0.2, 0.25) is 0 Å². The Morgan fingerprint density at radius 2 is 0.981 bits per heavy atom. The molecule has 0 spiro atoms. The molecule has 1 atom stereocenters. The van der Waals surface area contributed by atoms with Crippen LogP contribution in [-0.2, 0) is 49.3 Å². The fourth-order valence-corrected chi connectivity index (χ4v) is 21.0. The van der Waals surface area contributed by atoms with Crippen molar-refractivity contribution in [1.82, 2.24) is 0 Å². The molecule has 1 unspecified atom stereocenters. The monoisotopic (exact) mass is 804 g/mol. The molecule has 0 nitrogen and oxygen atoms in total. The molecule has 0 saturated carbocycles.